The summed E-state index contributed by atoms with van der Waals surface area (Å²) >= 11 is 0. The van der Waals surface area contributed by atoms with Gasteiger partial charge in [-0.25, -0.2) is 24.9 Å². The zero-order valence-corrected chi connectivity index (χ0v) is 9.53. The van der Waals surface area contributed by atoms with Gasteiger partial charge in [0.05, 0.1) is 0 Å². The Kier molecular flexibility index (Phi) is 2.50. The van der Waals surface area contributed by atoms with Gasteiger partial charge in [0.25, 0.3) is 0 Å². The average Bonchev–Trinajstić information content (AvgIpc) is 2.75. The van der Waals surface area contributed by atoms with Gasteiger partial charge in [-0.2, -0.15) is 9.97 Å². The predicted octanol–water partition coefficient (Wildman–Crippen LogP) is -1.47. The van der Waals surface area contributed by atoms with E-state index in [0.717, 1.165) is 0 Å². The van der Waals surface area contributed by atoms with Gasteiger partial charge in [-0.05, 0) is 10.3 Å². The van der Waals surface area contributed by atoms with E-state index >= 15 is 0 Å². The fraction of sp³-hybridized carbons (Fsp3) is 0.333. The molecular formula is C6H5N9O5. The van der Waals surface area contributed by atoms with Crippen molar-refractivity contribution in [2.45, 2.75) is 0 Å². The van der Waals surface area contributed by atoms with Crippen LogP contribution >= 0.6 is 0 Å². The second-order valence-electron chi connectivity index (χ2n) is 3.62. The van der Waals surface area contributed by atoms with E-state index in [1.54, 1.807) is 0 Å². The molecule has 14 nitrogen and oxygen atoms in total. The second kappa shape index (κ2) is 4.19. The van der Waals surface area contributed by atoms with Crippen LogP contribution in [0.1, 0.15) is 0 Å². The number of rotatable bonds is 2. The highest BCUT2D eigenvalue weighted by Gasteiger charge is 2.36. The summed E-state index contributed by atoms with van der Waals surface area (Å²) in [5, 5.41) is 31.0. The zero-order chi connectivity index (χ0) is 14.3. The third-order valence-electron chi connectivity index (χ3n) is 2.48. The Hall–Kier alpha value is -3.16. The molecule has 0 aliphatic carbocycles. The van der Waals surface area contributed by atoms with Crippen molar-refractivity contribution in [1.29, 1.82) is 0 Å². The molecule has 0 fully saturated rings. The molecule has 20 heavy (non-hydrogen) atoms. The molecular weight excluding hydrogens is 278 g/mol. The maximum absolute atomic E-state index is 11.0. The Balaban J connectivity index is 2.25. The van der Waals surface area contributed by atoms with Gasteiger partial charge in [-0.1, -0.05) is 10.0 Å². The predicted molar refractivity (Wildman–Crippen MR) is 59.2 cm³/mol. The van der Waals surface area contributed by atoms with Gasteiger partial charge in [0.2, 0.25) is 22.9 Å². The first-order valence-corrected chi connectivity index (χ1v) is 5.12. The lowest BCUT2D eigenvalue weighted by Crippen LogP contribution is -2.41. The van der Waals surface area contributed by atoms with Crippen LogP contribution in [0.5, 0.6) is 0 Å². The fourth-order valence-electron chi connectivity index (χ4n) is 1.65. The summed E-state index contributed by atoms with van der Waals surface area (Å²) in [6.45, 7) is -0.564. The highest BCUT2D eigenvalue weighted by molar-refractivity contribution is 5.73. The van der Waals surface area contributed by atoms with Crippen LogP contribution in [0.25, 0.3) is 11.3 Å². The van der Waals surface area contributed by atoms with Crippen molar-refractivity contribution < 1.29 is 14.7 Å². The SMILES string of the molecule is O=[N+]([O-])N1CNCN([N+](=O)[O-])c2nc3nonc3nc21. The third kappa shape index (κ3) is 1.70. The van der Waals surface area contributed by atoms with Crippen LogP contribution in [0.3, 0.4) is 0 Å². The smallest absolute Gasteiger partial charge is 0.246 e. The lowest BCUT2D eigenvalue weighted by atomic mass is 10.5. The van der Waals surface area contributed by atoms with Crippen molar-refractivity contribution in [3.63, 3.8) is 0 Å². The molecule has 0 saturated heterocycles. The van der Waals surface area contributed by atoms with E-state index in [0.29, 0.717) is 10.0 Å². The fourth-order valence-corrected chi connectivity index (χ4v) is 1.65. The Bertz CT molecular complexity index is 643. The summed E-state index contributed by atoms with van der Waals surface area (Å²) in [6, 6.07) is 0. The van der Waals surface area contributed by atoms with Gasteiger partial charge in [-0.3, -0.25) is 5.32 Å². The van der Waals surface area contributed by atoms with Gasteiger partial charge in [0, 0.05) is 0 Å². The van der Waals surface area contributed by atoms with E-state index in [4.69, 9.17) is 0 Å². The number of hydrogen-bond acceptors (Lipinski definition) is 10. The Morgan fingerprint density at radius 3 is 1.85 bits per heavy atom. The molecule has 0 atom stereocenters. The number of nitrogens with one attached hydrogen (secondary N) is 1. The third-order valence-corrected chi connectivity index (χ3v) is 2.48. The Morgan fingerprint density at radius 2 is 1.45 bits per heavy atom. The summed E-state index contributed by atoms with van der Waals surface area (Å²) in [5.74, 6) is -0.639. The molecule has 1 N–H and O–H groups in total. The molecule has 1 aliphatic heterocycles. The van der Waals surface area contributed by atoms with E-state index < -0.39 is 10.1 Å². The van der Waals surface area contributed by atoms with Crippen LogP contribution in [-0.2, 0) is 0 Å². The van der Waals surface area contributed by atoms with Gasteiger partial charge >= 0.3 is 0 Å². The van der Waals surface area contributed by atoms with Crippen molar-refractivity contribution in [1.82, 2.24) is 25.6 Å². The molecule has 0 spiro atoms. The normalized spacial score (nSPS) is 15.0. The molecule has 1 aliphatic rings. The van der Waals surface area contributed by atoms with E-state index in [1.807, 2.05) is 0 Å². The summed E-state index contributed by atoms with van der Waals surface area (Å²) in [7, 11) is 0. The number of hydrazine groups is 2. The number of anilines is 2. The first kappa shape index (κ1) is 11.9. The monoisotopic (exact) mass is 283 g/mol. The first-order valence-electron chi connectivity index (χ1n) is 5.12. The molecule has 2 aromatic heterocycles. The minimum atomic E-state index is -0.761. The van der Waals surface area contributed by atoms with Crippen molar-refractivity contribution in [2.75, 3.05) is 23.4 Å². The molecule has 3 heterocycles. The van der Waals surface area contributed by atoms with E-state index in [2.05, 4.69) is 30.2 Å². The lowest BCUT2D eigenvalue weighted by molar-refractivity contribution is -0.495. The van der Waals surface area contributed by atoms with Crippen molar-refractivity contribution in [2.24, 2.45) is 0 Å². The molecule has 0 saturated carbocycles. The molecule has 0 aromatic carbocycles. The molecule has 0 radical (unpaired) electrons. The molecule has 0 unspecified atom stereocenters. The standard InChI is InChI=1S/C6H5N9O5/c16-14(17)12-1-7-2-13(15(18)19)6-5(12)8-3-4(9-6)11-20-10-3/h7H,1-2H2. The van der Waals surface area contributed by atoms with Gasteiger partial charge in [0.1, 0.15) is 13.3 Å². The van der Waals surface area contributed by atoms with E-state index in [9.17, 15) is 20.2 Å². The van der Waals surface area contributed by atoms with E-state index in [-0.39, 0.29) is 36.3 Å². The van der Waals surface area contributed by atoms with Crippen molar-refractivity contribution >= 4 is 22.9 Å². The zero-order valence-electron chi connectivity index (χ0n) is 9.53. The summed E-state index contributed by atoms with van der Waals surface area (Å²) in [5.41, 5.74) is -0.165. The first-order chi connectivity index (χ1) is 9.58. The maximum Gasteiger partial charge on any atom is 0.246 e. The molecule has 14 heteroatoms. The number of nitrogens with zero attached hydrogens (tertiary/aromatic N) is 8. The van der Waals surface area contributed by atoms with Crippen LogP contribution in [-0.4, -0.2) is 43.7 Å². The van der Waals surface area contributed by atoms with Crippen LogP contribution in [0.4, 0.5) is 11.6 Å². The molecule has 104 valence electrons. The highest BCUT2D eigenvalue weighted by Crippen LogP contribution is 2.28. The van der Waals surface area contributed by atoms with Gasteiger partial charge < -0.3 is 0 Å². The Morgan fingerprint density at radius 1 is 1.00 bits per heavy atom. The minimum absolute atomic E-state index is 0.0826. The summed E-state index contributed by atoms with van der Waals surface area (Å²) < 4.78 is 4.39. The van der Waals surface area contributed by atoms with E-state index in [1.165, 1.54) is 0 Å². The maximum atomic E-state index is 11.0. The second-order valence-corrected chi connectivity index (χ2v) is 3.62. The van der Waals surface area contributed by atoms with Crippen molar-refractivity contribution in [3.05, 3.63) is 20.2 Å². The van der Waals surface area contributed by atoms with Crippen LogP contribution < -0.4 is 15.3 Å². The Labute approximate surface area is 108 Å². The number of nitro groups is 2. The lowest BCUT2D eigenvalue weighted by Gasteiger charge is -2.12. The largest absolute Gasteiger partial charge is 0.272 e. The number of hydrogen-bond donors (Lipinski definition) is 1. The molecule has 0 bridgehead atoms. The minimum Gasteiger partial charge on any atom is -0.272 e. The molecule has 3 rings (SSSR count). The summed E-state index contributed by atoms with van der Waals surface area (Å²) in [6.07, 6.45) is 0. The number of fused-ring (bicyclic) bond motifs is 2. The highest BCUT2D eigenvalue weighted by atomic mass is 16.7. The number of aromatic nitrogens is 4. The van der Waals surface area contributed by atoms with Gasteiger partial charge in [0.15, 0.2) is 10.1 Å². The molecule has 0 amide bonds. The molecule has 2 aromatic rings. The topological polar surface area (TPSA) is 169 Å². The quantitative estimate of drug-likeness (QED) is 0.501. The van der Waals surface area contributed by atoms with Gasteiger partial charge in [-0.15, -0.1) is 0 Å². The summed E-state index contributed by atoms with van der Waals surface area (Å²) in [4.78, 5) is 29.7. The van der Waals surface area contributed by atoms with Crippen LogP contribution in [0, 0.1) is 20.2 Å². The van der Waals surface area contributed by atoms with Crippen LogP contribution in [0.15, 0.2) is 4.63 Å². The van der Waals surface area contributed by atoms with Crippen LogP contribution in [0.2, 0.25) is 0 Å². The average molecular weight is 283 g/mol. The van der Waals surface area contributed by atoms with Crippen molar-refractivity contribution in [3.8, 4) is 0 Å².